The van der Waals surface area contributed by atoms with E-state index in [1.54, 1.807) is 22.7 Å². The van der Waals surface area contributed by atoms with Gasteiger partial charge in [-0.05, 0) is 83.0 Å². The average molecular weight is 1170 g/mol. The maximum Gasteiger partial charge on any atom is 0.170 e. The fourth-order valence-corrected chi connectivity index (χ4v) is 17.3. The second kappa shape index (κ2) is 34.5. The van der Waals surface area contributed by atoms with Crippen molar-refractivity contribution in [3.8, 4) is 40.4 Å². The smallest absolute Gasteiger partial charge is 0.170 e. The van der Waals surface area contributed by atoms with Gasteiger partial charge in [-0.15, -0.1) is 45.3 Å². The molecule has 6 aromatic rings. The van der Waals surface area contributed by atoms with Gasteiger partial charge in [-0.1, -0.05) is 275 Å². The van der Waals surface area contributed by atoms with E-state index >= 15 is 8.78 Å². The maximum absolute atomic E-state index is 17.7. The van der Waals surface area contributed by atoms with E-state index in [9.17, 15) is 0 Å². The third-order valence-corrected chi connectivity index (χ3v) is 23.0. The summed E-state index contributed by atoms with van der Waals surface area (Å²) in [5, 5.41) is 0. The third-order valence-electron chi connectivity index (χ3n) is 16.7. The van der Waals surface area contributed by atoms with Gasteiger partial charge in [0.1, 0.15) is 11.0 Å². The number of unbranched alkanes of at least 4 members (excludes halogenated alkanes) is 24. The molecule has 5 heterocycles. The Kier molecular flexibility index (Phi) is 28.7. The molecule has 79 heavy (non-hydrogen) atoms. The van der Waals surface area contributed by atoms with E-state index in [0.717, 1.165) is 34.3 Å². The molecule has 440 valence electrons. The lowest BCUT2D eigenvalue weighted by atomic mass is 9.88. The molecule has 0 fully saturated rings. The third kappa shape index (κ3) is 20.5. The summed E-state index contributed by atoms with van der Waals surface area (Å²) in [7, 11) is 0. The summed E-state index contributed by atoms with van der Waals surface area (Å²) < 4.78 is 45.2. The van der Waals surface area contributed by atoms with Gasteiger partial charge in [0.15, 0.2) is 11.6 Å². The van der Waals surface area contributed by atoms with Gasteiger partial charge in [-0.25, -0.2) is 8.78 Å². The molecule has 0 aliphatic heterocycles. The minimum Gasteiger partial charge on any atom is -0.203 e. The molecule has 1 aromatic carbocycles. The molecule has 0 saturated heterocycles. The molecule has 5 aromatic heterocycles. The number of benzene rings is 1. The van der Waals surface area contributed by atoms with Crippen LogP contribution in [-0.4, -0.2) is 8.75 Å². The topological polar surface area (TPSA) is 25.8 Å². The Hall–Kier alpha value is -2.30. The Morgan fingerprint density at radius 2 is 0.671 bits per heavy atom. The SMILES string of the molecule is CCCCCCCCCCC(CCCCCCCC)Cc1cc(-c2c(F)c(F)c(-c3cc(CC(CCCCCCCC)CCCCCCCCCC)c(-c4ccc(C(C)(C)C)s4)s3)c3nsnc23)sc1-c1ccc(C(C)(C)C)s1. The molecule has 2 nitrogen and oxygen atoms in total. The lowest BCUT2D eigenvalue weighted by Crippen LogP contribution is -2.07. The minimum absolute atomic E-state index is 0.0193. The lowest BCUT2D eigenvalue weighted by Gasteiger charge is -2.18. The highest BCUT2D eigenvalue weighted by Gasteiger charge is 2.31. The van der Waals surface area contributed by atoms with Crippen LogP contribution < -0.4 is 0 Å². The lowest BCUT2D eigenvalue weighted by molar-refractivity contribution is 0.401. The average Bonchev–Trinajstić information content (AvgIpc) is 4.39. The Bertz CT molecular complexity index is 2450. The highest BCUT2D eigenvalue weighted by Crippen LogP contribution is 2.51. The Morgan fingerprint density at radius 1 is 0.380 bits per heavy atom. The zero-order chi connectivity index (χ0) is 56.6. The van der Waals surface area contributed by atoms with Gasteiger partial charge in [-0.3, -0.25) is 0 Å². The highest BCUT2D eigenvalue weighted by molar-refractivity contribution is 7.25. The van der Waals surface area contributed by atoms with E-state index in [4.69, 9.17) is 8.75 Å². The van der Waals surface area contributed by atoms with Crippen molar-refractivity contribution in [2.45, 2.75) is 298 Å². The van der Waals surface area contributed by atoms with Crippen LogP contribution in [0.25, 0.3) is 51.4 Å². The van der Waals surface area contributed by atoms with Crippen LogP contribution in [-0.2, 0) is 23.7 Å². The van der Waals surface area contributed by atoms with Gasteiger partial charge < -0.3 is 0 Å². The van der Waals surface area contributed by atoms with Crippen LogP contribution in [0.2, 0.25) is 0 Å². The first-order valence-electron chi connectivity index (χ1n) is 32.3. The zero-order valence-corrected chi connectivity index (χ0v) is 55.4. The monoisotopic (exact) mass is 1170 g/mol. The van der Waals surface area contributed by atoms with Gasteiger partial charge in [0.05, 0.1) is 22.9 Å². The molecular formula is C70H106F2N2S5. The number of hydrogen-bond donors (Lipinski definition) is 0. The molecule has 0 bridgehead atoms. The number of thiophene rings is 4. The first-order chi connectivity index (χ1) is 38.2. The quantitative estimate of drug-likeness (QED) is 0.0358. The number of halogens is 2. The Morgan fingerprint density at radius 3 is 0.949 bits per heavy atom. The largest absolute Gasteiger partial charge is 0.203 e. The molecular weight excluding hydrogens is 1070 g/mol. The molecule has 0 radical (unpaired) electrons. The molecule has 0 aliphatic carbocycles. The predicted molar refractivity (Wildman–Crippen MR) is 353 cm³/mol. The van der Waals surface area contributed by atoms with Crippen LogP contribution in [0.3, 0.4) is 0 Å². The maximum atomic E-state index is 17.7. The summed E-state index contributed by atoms with van der Waals surface area (Å²) in [4.78, 5) is 9.08. The normalized spacial score (nSPS) is 13.2. The molecule has 0 N–H and O–H groups in total. The Balaban J connectivity index is 1.37. The summed E-state index contributed by atoms with van der Waals surface area (Å²) in [5.74, 6) is -0.487. The van der Waals surface area contributed by atoms with Crippen molar-refractivity contribution in [2.24, 2.45) is 11.8 Å². The van der Waals surface area contributed by atoms with Gasteiger partial charge in [-0.2, -0.15) is 8.75 Å². The van der Waals surface area contributed by atoms with Crippen LogP contribution in [0.4, 0.5) is 8.78 Å². The number of nitrogens with zero attached hydrogens (tertiary/aromatic N) is 2. The van der Waals surface area contributed by atoms with E-state index in [1.807, 2.05) is 22.7 Å². The number of fused-ring (bicyclic) bond motifs is 1. The van der Waals surface area contributed by atoms with Crippen LogP contribution in [0.1, 0.15) is 296 Å². The first-order valence-corrected chi connectivity index (χ1v) is 36.3. The van der Waals surface area contributed by atoms with Crippen LogP contribution in [0, 0.1) is 23.5 Å². The molecule has 9 heteroatoms. The van der Waals surface area contributed by atoms with E-state index in [2.05, 4.69) is 106 Å². The van der Waals surface area contributed by atoms with Crippen LogP contribution in [0.5, 0.6) is 0 Å². The van der Waals surface area contributed by atoms with Gasteiger partial charge in [0.2, 0.25) is 0 Å². The second-order valence-corrected chi connectivity index (χ2v) is 30.7. The molecule has 6 rings (SSSR count). The number of rotatable bonds is 40. The fraction of sp³-hybridized carbons (Fsp3) is 0.686. The van der Waals surface area contributed by atoms with Crippen molar-refractivity contribution in [2.75, 3.05) is 0 Å². The van der Waals surface area contributed by atoms with Gasteiger partial charge in [0.25, 0.3) is 0 Å². The molecule has 0 spiro atoms. The summed E-state index contributed by atoms with van der Waals surface area (Å²) >= 11 is 8.08. The van der Waals surface area contributed by atoms with Crippen LogP contribution >= 0.6 is 57.1 Å². The molecule has 0 amide bonds. The molecule has 2 unspecified atom stereocenters. The Labute approximate surface area is 501 Å². The summed E-state index contributed by atoms with van der Waals surface area (Å²) in [6, 6.07) is 13.6. The van der Waals surface area contributed by atoms with Gasteiger partial charge >= 0.3 is 0 Å². The number of aromatic nitrogens is 2. The van der Waals surface area contributed by atoms with Crippen molar-refractivity contribution in [3.05, 3.63) is 68.9 Å². The van der Waals surface area contributed by atoms with E-state index < -0.39 is 11.6 Å². The van der Waals surface area contributed by atoms with Crippen molar-refractivity contribution >= 4 is 68.1 Å². The standard InChI is InChI=1S/C70H106F2N2S5/c1-11-15-19-23-27-29-33-37-41-51(39-35-31-25-21-17-13-3)47-53-49-57(77-67(53)55-43-45-59(75-55)69(5,6)7)61-63(71)64(72)62(66-65(61)73-79-74-66)58-50-54(68(78-58)56-44-46-60(76-56)70(8,9)10)48-52(40-36-32-26-22-18-14-4)42-38-34-30-28-24-20-16-12-2/h43-46,49-52H,11-42,47-48H2,1-10H3. The molecule has 0 aliphatic rings. The van der Waals surface area contributed by atoms with Crippen molar-refractivity contribution in [3.63, 3.8) is 0 Å². The molecule has 2 atom stereocenters. The summed E-state index contributed by atoms with van der Waals surface area (Å²) in [5.41, 5.74) is 4.12. The van der Waals surface area contributed by atoms with Crippen molar-refractivity contribution in [1.29, 1.82) is 0 Å². The predicted octanol–water partition coefficient (Wildman–Crippen LogP) is 26.4. The second-order valence-electron chi connectivity index (χ2n) is 25.9. The van der Waals surface area contributed by atoms with Crippen molar-refractivity contribution in [1.82, 2.24) is 8.75 Å². The first kappa shape index (κ1) is 65.8. The zero-order valence-electron chi connectivity index (χ0n) is 51.4. The van der Waals surface area contributed by atoms with E-state index in [1.165, 1.54) is 246 Å². The summed E-state index contributed by atoms with van der Waals surface area (Å²) in [6.07, 6.45) is 43.5. The summed E-state index contributed by atoms with van der Waals surface area (Å²) in [6.45, 7) is 22.9. The van der Waals surface area contributed by atoms with E-state index in [-0.39, 0.29) is 22.0 Å². The fourth-order valence-electron chi connectivity index (χ4n) is 11.8. The minimum atomic E-state index is -0.794. The van der Waals surface area contributed by atoms with E-state index in [0.29, 0.717) is 22.9 Å². The van der Waals surface area contributed by atoms with Crippen LogP contribution in [0.15, 0.2) is 36.4 Å². The highest BCUT2D eigenvalue weighted by atomic mass is 32.1. The number of hydrogen-bond acceptors (Lipinski definition) is 7. The van der Waals surface area contributed by atoms with Gasteiger partial charge in [0, 0.05) is 39.0 Å². The van der Waals surface area contributed by atoms with Crippen molar-refractivity contribution < 1.29 is 8.78 Å². The molecule has 0 saturated carbocycles.